The van der Waals surface area contributed by atoms with Crippen molar-refractivity contribution in [3.63, 3.8) is 0 Å². The maximum atomic E-state index is 4.47. The van der Waals surface area contributed by atoms with Gasteiger partial charge in [0.1, 0.15) is 5.82 Å². The molecule has 1 aromatic heterocycles. The zero-order valence-electron chi connectivity index (χ0n) is 11.2. The highest BCUT2D eigenvalue weighted by molar-refractivity contribution is 5.38. The molecule has 0 radical (unpaired) electrons. The summed E-state index contributed by atoms with van der Waals surface area (Å²) in [5, 5.41) is 0. The first-order valence-electron chi connectivity index (χ1n) is 6.47. The maximum Gasteiger partial charge on any atom is 0.128 e. The van der Waals surface area contributed by atoms with Gasteiger partial charge in [-0.15, -0.1) is 0 Å². The van der Waals surface area contributed by atoms with Gasteiger partial charge in [-0.25, -0.2) is 4.98 Å². The summed E-state index contributed by atoms with van der Waals surface area (Å²) >= 11 is 0. The molecule has 0 N–H and O–H groups in total. The fourth-order valence-corrected chi connectivity index (χ4v) is 2.41. The predicted octanol–water partition coefficient (Wildman–Crippen LogP) is 2.17. The minimum Gasteiger partial charge on any atom is -0.359 e. The second-order valence-corrected chi connectivity index (χ2v) is 5.32. The lowest BCUT2D eigenvalue weighted by Crippen LogP contribution is -2.35. The molecule has 1 aromatic rings. The van der Waals surface area contributed by atoms with Gasteiger partial charge in [-0.1, -0.05) is 6.07 Å². The molecule has 0 aromatic carbocycles. The lowest BCUT2D eigenvalue weighted by atomic mass is 9.97. The third kappa shape index (κ3) is 3.43. The number of hydrogen-bond acceptors (Lipinski definition) is 3. The van der Waals surface area contributed by atoms with Crippen LogP contribution in [0.1, 0.15) is 18.4 Å². The van der Waals surface area contributed by atoms with Crippen LogP contribution in [-0.2, 0) is 0 Å². The highest BCUT2D eigenvalue weighted by Crippen LogP contribution is 2.19. The molecule has 1 aliphatic heterocycles. The Morgan fingerprint density at radius 3 is 2.65 bits per heavy atom. The largest absolute Gasteiger partial charge is 0.359 e. The van der Waals surface area contributed by atoms with Crippen LogP contribution < -0.4 is 4.90 Å². The number of piperidine rings is 1. The third-order valence-electron chi connectivity index (χ3n) is 3.66. The first kappa shape index (κ1) is 12.4. The van der Waals surface area contributed by atoms with E-state index >= 15 is 0 Å². The molecule has 0 bridgehead atoms. The van der Waals surface area contributed by atoms with Crippen molar-refractivity contribution in [2.24, 2.45) is 5.92 Å². The number of hydrogen-bond donors (Lipinski definition) is 0. The number of aromatic nitrogens is 1. The zero-order chi connectivity index (χ0) is 12.3. The van der Waals surface area contributed by atoms with E-state index in [1.54, 1.807) is 0 Å². The van der Waals surface area contributed by atoms with E-state index in [0.29, 0.717) is 0 Å². The quantitative estimate of drug-likeness (QED) is 0.797. The Balaban J connectivity index is 1.88. The van der Waals surface area contributed by atoms with Gasteiger partial charge in [-0.05, 0) is 57.5 Å². The molecule has 0 atom stereocenters. The monoisotopic (exact) mass is 233 g/mol. The second kappa shape index (κ2) is 5.50. The first-order chi connectivity index (χ1) is 8.15. The van der Waals surface area contributed by atoms with Crippen molar-refractivity contribution in [1.29, 1.82) is 0 Å². The molecule has 0 amide bonds. The molecule has 0 unspecified atom stereocenters. The summed E-state index contributed by atoms with van der Waals surface area (Å²) in [6.07, 6.45) is 4.57. The molecule has 3 nitrogen and oxygen atoms in total. The fraction of sp³-hybridized carbons (Fsp3) is 0.643. The fourth-order valence-electron chi connectivity index (χ4n) is 2.41. The van der Waals surface area contributed by atoms with Crippen LogP contribution in [0.2, 0.25) is 0 Å². The summed E-state index contributed by atoms with van der Waals surface area (Å²) in [6.45, 7) is 5.68. The zero-order valence-corrected chi connectivity index (χ0v) is 11.2. The molecule has 0 saturated carbocycles. The molecule has 3 heteroatoms. The van der Waals surface area contributed by atoms with Crippen LogP contribution in [0.25, 0.3) is 0 Å². The highest BCUT2D eigenvalue weighted by atomic mass is 15.2. The predicted molar refractivity (Wildman–Crippen MR) is 72.5 cm³/mol. The molecular formula is C14H23N3. The minimum atomic E-state index is 0.819. The molecule has 17 heavy (non-hydrogen) atoms. The second-order valence-electron chi connectivity index (χ2n) is 5.32. The highest BCUT2D eigenvalue weighted by Gasteiger charge is 2.18. The normalized spacial score (nSPS) is 18.3. The van der Waals surface area contributed by atoms with Gasteiger partial charge in [-0.3, -0.25) is 0 Å². The van der Waals surface area contributed by atoms with E-state index in [2.05, 4.69) is 47.9 Å². The van der Waals surface area contributed by atoms with Crippen molar-refractivity contribution >= 4 is 5.82 Å². The molecule has 2 heterocycles. The standard InChI is InChI=1S/C14H23N3/c1-12-4-5-14(15-10-12)17(3)11-13-6-8-16(2)9-7-13/h4-5,10,13H,6-9,11H2,1-3H3. The van der Waals surface area contributed by atoms with Crippen LogP contribution in [0.15, 0.2) is 18.3 Å². The van der Waals surface area contributed by atoms with E-state index < -0.39 is 0 Å². The Kier molecular flexibility index (Phi) is 4.00. The Labute approximate surface area is 104 Å². The number of rotatable bonds is 3. The lowest BCUT2D eigenvalue weighted by Gasteiger charge is -2.32. The summed E-state index contributed by atoms with van der Waals surface area (Å²) in [7, 11) is 4.36. The number of likely N-dealkylation sites (tertiary alicyclic amines) is 1. The van der Waals surface area contributed by atoms with Gasteiger partial charge in [0.2, 0.25) is 0 Å². The van der Waals surface area contributed by atoms with Crippen LogP contribution in [0.5, 0.6) is 0 Å². The molecule has 1 aliphatic rings. The van der Waals surface area contributed by atoms with Crippen molar-refractivity contribution in [3.8, 4) is 0 Å². The average molecular weight is 233 g/mol. The van der Waals surface area contributed by atoms with Gasteiger partial charge in [0, 0.05) is 19.8 Å². The van der Waals surface area contributed by atoms with E-state index in [-0.39, 0.29) is 0 Å². The van der Waals surface area contributed by atoms with E-state index in [1.165, 1.54) is 31.5 Å². The van der Waals surface area contributed by atoms with E-state index in [0.717, 1.165) is 18.3 Å². The average Bonchev–Trinajstić information content (AvgIpc) is 2.33. The molecule has 0 aliphatic carbocycles. The number of aryl methyl sites for hydroxylation is 1. The molecule has 0 spiro atoms. The number of pyridine rings is 1. The van der Waals surface area contributed by atoms with Crippen LogP contribution in [0.4, 0.5) is 5.82 Å². The first-order valence-corrected chi connectivity index (χ1v) is 6.47. The van der Waals surface area contributed by atoms with Gasteiger partial charge < -0.3 is 9.80 Å². The summed E-state index contributed by atoms with van der Waals surface area (Å²) in [4.78, 5) is 9.18. The van der Waals surface area contributed by atoms with Gasteiger partial charge >= 0.3 is 0 Å². The van der Waals surface area contributed by atoms with Crippen molar-refractivity contribution in [3.05, 3.63) is 23.9 Å². The Morgan fingerprint density at radius 2 is 2.06 bits per heavy atom. The van der Waals surface area contributed by atoms with Crippen LogP contribution >= 0.6 is 0 Å². The Morgan fingerprint density at radius 1 is 1.35 bits per heavy atom. The van der Waals surface area contributed by atoms with Crippen molar-refractivity contribution < 1.29 is 0 Å². The Bertz CT molecular complexity index is 339. The van der Waals surface area contributed by atoms with E-state index in [9.17, 15) is 0 Å². The van der Waals surface area contributed by atoms with Gasteiger partial charge in [0.05, 0.1) is 0 Å². The lowest BCUT2D eigenvalue weighted by molar-refractivity contribution is 0.222. The number of anilines is 1. The SMILES string of the molecule is Cc1ccc(N(C)CC2CCN(C)CC2)nc1. The van der Waals surface area contributed by atoms with Gasteiger partial charge in [-0.2, -0.15) is 0 Å². The molecule has 2 rings (SSSR count). The van der Waals surface area contributed by atoms with Crippen LogP contribution in [-0.4, -0.2) is 43.6 Å². The summed E-state index contributed by atoms with van der Waals surface area (Å²) in [5.41, 5.74) is 1.22. The van der Waals surface area contributed by atoms with Crippen molar-refractivity contribution in [2.75, 3.05) is 38.6 Å². The number of nitrogens with zero attached hydrogens (tertiary/aromatic N) is 3. The van der Waals surface area contributed by atoms with Crippen LogP contribution in [0, 0.1) is 12.8 Å². The van der Waals surface area contributed by atoms with E-state index in [4.69, 9.17) is 0 Å². The smallest absolute Gasteiger partial charge is 0.128 e. The van der Waals surface area contributed by atoms with Crippen LogP contribution in [0.3, 0.4) is 0 Å². The van der Waals surface area contributed by atoms with E-state index in [1.807, 2.05) is 6.20 Å². The minimum absolute atomic E-state index is 0.819. The molecule has 1 saturated heterocycles. The van der Waals surface area contributed by atoms with Crippen molar-refractivity contribution in [1.82, 2.24) is 9.88 Å². The summed E-state index contributed by atoms with van der Waals surface area (Å²) < 4.78 is 0. The maximum absolute atomic E-state index is 4.47. The van der Waals surface area contributed by atoms with Gasteiger partial charge in [0.15, 0.2) is 0 Å². The van der Waals surface area contributed by atoms with Crippen molar-refractivity contribution in [2.45, 2.75) is 19.8 Å². The summed E-state index contributed by atoms with van der Waals surface area (Å²) in [5.74, 6) is 1.91. The molecular weight excluding hydrogens is 210 g/mol. The molecule has 94 valence electrons. The third-order valence-corrected chi connectivity index (χ3v) is 3.66. The summed E-state index contributed by atoms with van der Waals surface area (Å²) in [6, 6.07) is 4.25. The Hall–Kier alpha value is -1.09. The van der Waals surface area contributed by atoms with Gasteiger partial charge in [0.25, 0.3) is 0 Å². The topological polar surface area (TPSA) is 19.4 Å². The molecule has 1 fully saturated rings.